The zero-order chi connectivity index (χ0) is 22.3. The summed E-state index contributed by atoms with van der Waals surface area (Å²) in [5, 5.41) is 4.18. The van der Waals surface area contributed by atoms with Crippen LogP contribution in [-0.2, 0) is 14.4 Å². The van der Waals surface area contributed by atoms with Crippen molar-refractivity contribution in [1.82, 2.24) is 4.90 Å². The molecule has 2 aromatic carbocycles. The Balaban J connectivity index is 1.41. The largest absolute Gasteiger partial charge is 0.396 e. The molecule has 0 aromatic heterocycles. The molecule has 0 radical (unpaired) electrons. The first-order valence-corrected chi connectivity index (χ1v) is 11.0. The monoisotopic (exact) mass is 437 g/mol. The molecular weight excluding hydrogens is 409 g/mol. The first-order valence-electron chi connectivity index (χ1n) is 11.0. The van der Waals surface area contributed by atoms with Crippen LogP contribution in [0.15, 0.2) is 71.4 Å². The summed E-state index contributed by atoms with van der Waals surface area (Å²) in [5.74, 6) is -0.449. The van der Waals surface area contributed by atoms with E-state index in [9.17, 15) is 9.18 Å². The van der Waals surface area contributed by atoms with Gasteiger partial charge in [-0.25, -0.2) is 4.39 Å². The van der Waals surface area contributed by atoms with Crippen LogP contribution in [0.3, 0.4) is 0 Å². The highest BCUT2D eigenvalue weighted by atomic mass is 19.1. The lowest BCUT2D eigenvalue weighted by Crippen LogP contribution is -2.49. The van der Waals surface area contributed by atoms with E-state index in [0.29, 0.717) is 23.6 Å². The molecule has 1 atom stereocenters. The van der Waals surface area contributed by atoms with Gasteiger partial charge in [-0.3, -0.25) is 14.6 Å². The molecule has 7 heteroatoms. The third-order valence-electron chi connectivity index (χ3n) is 5.63. The molecule has 1 unspecified atom stereocenters. The van der Waals surface area contributed by atoms with Crippen LogP contribution in [0.25, 0.3) is 0 Å². The summed E-state index contributed by atoms with van der Waals surface area (Å²) in [5.41, 5.74) is 2.93. The molecule has 2 aliphatic rings. The van der Waals surface area contributed by atoms with Gasteiger partial charge in [-0.15, -0.1) is 0 Å². The van der Waals surface area contributed by atoms with Gasteiger partial charge >= 0.3 is 0 Å². The van der Waals surface area contributed by atoms with Crippen LogP contribution < -0.4 is 4.90 Å². The number of hydrogen-bond acceptors (Lipinski definition) is 5. The van der Waals surface area contributed by atoms with Crippen LogP contribution >= 0.6 is 0 Å². The van der Waals surface area contributed by atoms with Gasteiger partial charge in [0.25, 0.3) is 5.91 Å². The summed E-state index contributed by atoms with van der Waals surface area (Å²) >= 11 is 0. The lowest BCUT2D eigenvalue weighted by atomic mass is 9.86. The Labute approximate surface area is 187 Å². The van der Waals surface area contributed by atoms with Gasteiger partial charge in [-0.2, -0.15) is 0 Å². The number of amides is 1. The van der Waals surface area contributed by atoms with E-state index in [1.165, 1.54) is 12.1 Å². The van der Waals surface area contributed by atoms with E-state index in [1.807, 2.05) is 37.3 Å². The lowest BCUT2D eigenvalue weighted by molar-refractivity contribution is -0.119. The Kier molecular flexibility index (Phi) is 7.29. The minimum absolute atomic E-state index is 0.118. The van der Waals surface area contributed by atoms with Crippen molar-refractivity contribution in [3.63, 3.8) is 0 Å². The Hall–Kier alpha value is -3.03. The smallest absolute Gasteiger partial charge is 0.257 e. The second-order valence-corrected chi connectivity index (χ2v) is 7.94. The number of carbonyl (C=O) groups is 1. The lowest BCUT2D eigenvalue weighted by Gasteiger charge is -2.43. The van der Waals surface area contributed by atoms with Gasteiger partial charge in [0.15, 0.2) is 0 Å². The molecule has 0 aliphatic carbocycles. The van der Waals surface area contributed by atoms with E-state index in [1.54, 1.807) is 23.1 Å². The van der Waals surface area contributed by atoms with Crippen LogP contribution in [0.4, 0.5) is 10.1 Å². The van der Waals surface area contributed by atoms with Crippen molar-refractivity contribution >= 4 is 17.3 Å². The Morgan fingerprint density at radius 2 is 1.88 bits per heavy atom. The molecular formula is C25H28FN3O3. The fourth-order valence-electron chi connectivity index (χ4n) is 4.00. The van der Waals surface area contributed by atoms with E-state index >= 15 is 0 Å². The first-order chi connectivity index (χ1) is 15.6. The van der Waals surface area contributed by atoms with E-state index < -0.39 is 0 Å². The average molecular weight is 438 g/mol. The van der Waals surface area contributed by atoms with Gasteiger partial charge in [0.1, 0.15) is 12.4 Å². The molecule has 2 aromatic rings. The highest BCUT2D eigenvalue weighted by Gasteiger charge is 2.43. The molecule has 168 valence electrons. The van der Waals surface area contributed by atoms with Crippen molar-refractivity contribution in [3.8, 4) is 0 Å². The summed E-state index contributed by atoms with van der Waals surface area (Å²) in [6, 6.07) is 15.5. The number of rotatable bonds is 8. The minimum Gasteiger partial charge on any atom is -0.396 e. The fraction of sp³-hybridized carbons (Fsp3) is 0.360. The number of benzene rings is 2. The molecule has 2 aliphatic heterocycles. The molecule has 0 bridgehead atoms. The fourth-order valence-corrected chi connectivity index (χ4v) is 4.00. The summed E-state index contributed by atoms with van der Waals surface area (Å²) < 4.78 is 18.7. The van der Waals surface area contributed by atoms with E-state index in [0.717, 1.165) is 44.8 Å². The normalized spacial score (nSPS) is 21.0. The third-order valence-corrected chi connectivity index (χ3v) is 5.63. The number of carbonyl (C=O) groups excluding carboxylic acids is 1. The van der Waals surface area contributed by atoms with Crippen LogP contribution in [-0.4, -0.2) is 56.0 Å². The number of hydrogen-bond donors (Lipinski definition) is 0. The molecule has 4 rings (SSSR count). The molecule has 1 amide bonds. The van der Waals surface area contributed by atoms with Crippen molar-refractivity contribution in [2.75, 3.05) is 44.4 Å². The van der Waals surface area contributed by atoms with Gasteiger partial charge < -0.3 is 9.57 Å². The summed E-state index contributed by atoms with van der Waals surface area (Å²) in [4.78, 5) is 22.5. The number of anilines is 1. The van der Waals surface area contributed by atoms with Gasteiger partial charge in [-0.1, -0.05) is 35.5 Å². The quantitative estimate of drug-likeness (QED) is 0.206. The van der Waals surface area contributed by atoms with E-state index in [2.05, 4.69) is 10.1 Å². The van der Waals surface area contributed by atoms with Crippen molar-refractivity contribution < 1.29 is 18.8 Å². The number of halogens is 1. The van der Waals surface area contributed by atoms with E-state index in [4.69, 9.17) is 9.57 Å². The predicted molar refractivity (Wildman–Crippen MR) is 122 cm³/mol. The number of β-lactam (4-membered cyclic amide) rings is 1. The predicted octanol–water partition coefficient (Wildman–Crippen LogP) is 3.95. The van der Waals surface area contributed by atoms with Crippen molar-refractivity contribution in [1.29, 1.82) is 0 Å². The Morgan fingerprint density at radius 3 is 2.59 bits per heavy atom. The second kappa shape index (κ2) is 10.5. The maximum atomic E-state index is 13.4. The summed E-state index contributed by atoms with van der Waals surface area (Å²) in [6.45, 7) is 6.80. The molecule has 0 spiro atoms. The standard InChI is InChI=1S/C25H28FN3O3/c1-19(27-32-15-5-12-28-13-16-31-17-14-28)18-23-24(20-6-3-2-4-7-20)29(25(23)30)22-10-8-21(26)9-11-22/h2-4,6-11,18,24H,5,12-17H2,1H3/b23-18+,27-19?. The zero-order valence-electron chi connectivity index (χ0n) is 18.2. The maximum Gasteiger partial charge on any atom is 0.257 e. The van der Waals surface area contributed by atoms with E-state index in [-0.39, 0.29) is 17.8 Å². The third kappa shape index (κ3) is 5.23. The molecule has 2 saturated heterocycles. The zero-order valence-corrected chi connectivity index (χ0v) is 18.2. The number of oxime groups is 1. The maximum absolute atomic E-state index is 13.4. The van der Waals surface area contributed by atoms with Crippen LogP contribution in [0.1, 0.15) is 24.9 Å². The Bertz CT molecular complexity index is 970. The first kappa shape index (κ1) is 22.2. The Morgan fingerprint density at radius 1 is 1.16 bits per heavy atom. The SMILES string of the molecule is CC(/C=C1/C(=O)N(c2ccc(F)cc2)C1c1ccccc1)=NOCCCN1CCOCC1. The molecule has 2 fully saturated rings. The van der Waals surface area contributed by atoms with Crippen molar-refractivity contribution in [3.05, 3.63) is 77.6 Å². The van der Waals surface area contributed by atoms with Crippen LogP contribution in [0.2, 0.25) is 0 Å². The minimum atomic E-state index is -0.331. The summed E-state index contributed by atoms with van der Waals surface area (Å²) in [7, 11) is 0. The number of allylic oxidation sites excluding steroid dienone is 1. The molecule has 6 nitrogen and oxygen atoms in total. The highest BCUT2D eigenvalue weighted by molar-refractivity contribution is 6.18. The van der Waals surface area contributed by atoms with Crippen LogP contribution in [0.5, 0.6) is 0 Å². The van der Waals surface area contributed by atoms with Gasteiger partial charge in [0, 0.05) is 30.9 Å². The topological polar surface area (TPSA) is 54.4 Å². The van der Waals surface area contributed by atoms with Crippen molar-refractivity contribution in [2.24, 2.45) is 5.16 Å². The molecule has 32 heavy (non-hydrogen) atoms. The second-order valence-electron chi connectivity index (χ2n) is 7.94. The number of ether oxygens (including phenoxy) is 1. The number of morpholine rings is 1. The van der Waals surface area contributed by atoms with Gasteiger partial charge in [0.05, 0.1) is 25.0 Å². The average Bonchev–Trinajstić information content (AvgIpc) is 2.83. The molecule has 2 heterocycles. The van der Waals surface area contributed by atoms with Gasteiger partial charge in [-0.05, 0) is 49.2 Å². The van der Waals surface area contributed by atoms with Crippen molar-refractivity contribution in [2.45, 2.75) is 19.4 Å². The van der Waals surface area contributed by atoms with Gasteiger partial charge in [0.2, 0.25) is 0 Å². The highest BCUT2D eigenvalue weighted by Crippen LogP contribution is 2.43. The molecule has 0 N–H and O–H groups in total. The summed E-state index contributed by atoms with van der Waals surface area (Å²) in [6.07, 6.45) is 2.67. The van der Waals surface area contributed by atoms with Crippen LogP contribution in [0, 0.1) is 5.82 Å². The molecule has 0 saturated carbocycles. The number of nitrogens with zero attached hydrogens (tertiary/aromatic N) is 3.